The Bertz CT molecular complexity index is 1000. The van der Waals surface area contributed by atoms with Gasteiger partial charge < -0.3 is 9.80 Å². The molecule has 0 atom stereocenters. The van der Waals surface area contributed by atoms with Crippen molar-refractivity contribution >= 4 is 11.7 Å². The van der Waals surface area contributed by atoms with E-state index in [0.717, 1.165) is 49.7 Å². The molecule has 7 nitrogen and oxygen atoms in total. The number of nitrogens with zero attached hydrogens (tertiary/aromatic N) is 5. The highest BCUT2D eigenvalue weighted by atomic mass is 16.2. The lowest BCUT2D eigenvalue weighted by Gasteiger charge is -2.21. The number of benzene rings is 1. The predicted octanol–water partition coefficient (Wildman–Crippen LogP) is 3.26. The Labute approximate surface area is 171 Å². The van der Waals surface area contributed by atoms with Crippen LogP contribution < -0.4 is 4.90 Å². The van der Waals surface area contributed by atoms with Gasteiger partial charge in [-0.25, -0.2) is 0 Å². The summed E-state index contributed by atoms with van der Waals surface area (Å²) < 4.78 is 1.79. The lowest BCUT2D eigenvalue weighted by molar-refractivity contribution is 0.0760. The molecular formula is C22H28N6O. The van der Waals surface area contributed by atoms with E-state index < -0.39 is 0 Å². The molecule has 7 heteroatoms. The maximum Gasteiger partial charge on any atom is 0.274 e. The van der Waals surface area contributed by atoms with Crippen LogP contribution in [0.15, 0.2) is 36.5 Å². The van der Waals surface area contributed by atoms with Crippen LogP contribution in [0.5, 0.6) is 0 Å². The van der Waals surface area contributed by atoms with Crippen LogP contribution >= 0.6 is 0 Å². The van der Waals surface area contributed by atoms with Crippen LogP contribution in [-0.2, 0) is 6.54 Å². The molecule has 1 aliphatic heterocycles. The molecule has 1 amide bonds. The number of anilines is 1. The Morgan fingerprint density at radius 2 is 1.93 bits per heavy atom. The fourth-order valence-corrected chi connectivity index (χ4v) is 3.69. The summed E-state index contributed by atoms with van der Waals surface area (Å²) in [5.41, 5.74) is 5.25. The van der Waals surface area contributed by atoms with Gasteiger partial charge in [0.15, 0.2) is 5.82 Å². The van der Waals surface area contributed by atoms with Crippen LogP contribution in [-0.4, -0.2) is 57.0 Å². The summed E-state index contributed by atoms with van der Waals surface area (Å²) >= 11 is 0. The number of carbonyl (C=O) groups is 1. The molecule has 1 saturated heterocycles. The van der Waals surface area contributed by atoms with E-state index in [4.69, 9.17) is 0 Å². The Kier molecular flexibility index (Phi) is 5.38. The highest BCUT2D eigenvalue weighted by Gasteiger charge is 2.23. The maximum atomic E-state index is 12.8. The molecule has 0 unspecified atom stereocenters. The molecule has 2 aromatic heterocycles. The normalized spacial score (nSPS) is 14.9. The topological polar surface area (TPSA) is 70.1 Å². The molecule has 3 aromatic rings. The quantitative estimate of drug-likeness (QED) is 0.740. The van der Waals surface area contributed by atoms with Gasteiger partial charge in [-0.1, -0.05) is 12.1 Å². The minimum atomic E-state index is 0.0110. The SMILES string of the molecule is CCn1ccc(C(=O)N2CCCN(c3cc(-c4ccc(C)c(C)c4)[nH]n3)CC2)n1. The lowest BCUT2D eigenvalue weighted by Crippen LogP contribution is -2.35. The third-order valence-corrected chi connectivity index (χ3v) is 5.67. The second-order valence-electron chi connectivity index (χ2n) is 7.63. The van der Waals surface area contributed by atoms with Gasteiger partial charge in [-0.2, -0.15) is 10.2 Å². The van der Waals surface area contributed by atoms with Crippen LogP contribution in [0.4, 0.5) is 5.82 Å². The largest absolute Gasteiger partial charge is 0.353 e. The maximum absolute atomic E-state index is 12.8. The summed E-state index contributed by atoms with van der Waals surface area (Å²) in [4.78, 5) is 16.9. The van der Waals surface area contributed by atoms with Gasteiger partial charge in [-0.15, -0.1) is 0 Å². The predicted molar refractivity (Wildman–Crippen MR) is 114 cm³/mol. The van der Waals surface area contributed by atoms with Crippen molar-refractivity contribution in [2.45, 2.75) is 33.7 Å². The highest BCUT2D eigenvalue weighted by molar-refractivity contribution is 5.92. The average molecular weight is 393 g/mol. The first-order chi connectivity index (χ1) is 14.0. The van der Waals surface area contributed by atoms with E-state index in [9.17, 15) is 4.79 Å². The van der Waals surface area contributed by atoms with Crippen LogP contribution in [0.1, 0.15) is 35.0 Å². The van der Waals surface area contributed by atoms with Crippen molar-refractivity contribution in [1.29, 1.82) is 0 Å². The van der Waals surface area contributed by atoms with Gasteiger partial charge in [-0.3, -0.25) is 14.6 Å². The van der Waals surface area contributed by atoms with E-state index in [1.165, 1.54) is 11.1 Å². The van der Waals surface area contributed by atoms with E-state index in [2.05, 4.69) is 58.3 Å². The van der Waals surface area contributed by atoms with Crippen LogP contribution in [0, 0.1) is 13.8 Å². The number of aromatic nitrogens is 4. The van der Waals surface area contributed by atoms with Gasteiger partial charge >= 0.3 is 0 Å². The summed E-state index contributed by atoms with van der Waals surface area (Å²) in [5, 5.41) is 12.1. The molecule has 0 aliphatic carbocycles. The number of rotatable bonds is 4. The van der Waals surface area contributed by atoms with E-state index >= 15 is 0 Å². The summed E-state index contributed by atoms with van der Waals surface area (Å²) in [6.07, 6.45) is 2.77. The number of aryl methyl sites for hydroxylation is 3. The summed E-state index contributed by atoms with van der Waals surface area (Å²) in [5.74, 6) is 0.944. The molecule has 0 saturated carbocycles. The van der Waals surface area contributed by atoms with E-state index in [1.807, 2.05) is 18.0 Å². The number of amides is 1. The standard InChI is InChI=1S/C22H28N6O/c1-4-28-11-8-19(25-28)22(29)27-10-5-9-26(12-13-27)21-15-20(23-24-21)18-7-6-16(2)17(3)14-18/h6-8,11,14-15H,4-5,9-10,12-13H2,1-3H3,(H,23,24). The van der Waals surface area contributed by atoms with Crippen LogP contribution in [0.2, 0.25) is 0 Å². The monoisotopic (exact) mass is 392 g/mol. The lowest BCUT2D eigenvalue weighted by atomic mass is 10.0. The van der Waals surface area contributed by atoms with Gasteiger partial charge in [-0.05, 0) is 56.0 Å². The second-order valence-corrected chi connectivity index (χ2v) is 7.63. The first-order valence-corrected chi connectivity index (χ1v) is 10.3. The van der Waals surface area contributed by atoms with Gasteiger partial charge in [0.05, 0.1) is 5.69 Å². The molecule has 3 heterocycles. The Morgan fingerprint density at radius 1 is 1.07 bits per heavy atom. The fourth-order valence-electron chi connectivity index (χ4n) is 3.69. The van der Waals surface area contributed by atoms with Gasteiger partial charge in [0.25, 0.3) is 5.91 Å². The zero-order valence-corrected chi connectivity index (χ0v) is 17.4. The molecule has 0 bridgehead atoms. The first kappa shape index (κ1) is 19.2. The van der Waals surface area contributed by atoms with Gasteiger partial charge in [0.1, 0.15) is 5.69 Å². The van der Waals surface area contributed by atoms with Crippen molar-refractivity contribution in [3.05, 3.63) is 53.3 Å². The van der Waals surface area contributed by atoms with Crippen molar-refractivity contribution in [2.24, 2.45) is 0 Å². The summed E-state index contributed by atoms with van der Waals surface area (Å²) in [7, 11) is 0. The summed E-state index contributed by atoms with van der Waals surface area (Å²) in [6, 6.07) is 10.4. The summed E-state index contributed by atoms with van der Waals surface area (Å²) in [6.45, 7) is 10.1. The number of H-pyrrole nitrogens is 1. The first-order valence-electron chi connectivity index (χ1n) is 10.3. The molecule has 152 valence electrons. The van der Waals surface area contributed by atoms with E-state index in [-0.39, 0.29) is 5.91 Å². The van der Waals surface area contributed by atoms with Crippen molar-refractivity contribution in [3.63, 3.8) is 0 Å². The molecule has 1 aromatic carbocycles. The van der Waals surface area contributed by atoms with E-state index in [1.54, 1.807) is 10.7 Å². The minimum absolute atomic E-state index is 0.0110. The molecule has 1 fully saturated rings. The Hall–Kier alpha value is -3.09. The van der Waals surface area contributed by atoms with Gasteiger partial charge in [0.2, 0.25) is 0 Å². The van der Waals surface area contributed by atoms with Crippen molar-refractivity contribution in [3.8, 4) is 11.3 Å². The number of hydrogen-bond acceptors (Lipinski definition) is 4. The Balaban J connectivity index is 1.44. The third kappa shape index (κ3) is 4.04. The molecule has 4 rings (SSSR count). The Morgan fingerprint density at radius 3 is 2.69 bits per heavy atom. The molecule has 0 radical (unpaired) electrons. The van der Waals surface area contributed by atoms with Gasteiger partial charge in [0, 0.05) is 45.0 Å². The molecule has 1 N–H and O–H groups in total. The number of carbonyl (C=O) groups excluding carboxylic acids is 1. The van der Waals surface area contributed by atoms with Crippen LogP contribution in [0.3, 0.4) is 0 Å². The minimum Gasteiger partial charge on any atom is -0.353 e. The zero-order chi connectivity index (χ0) is 20.4. The molecule has 0 spiro atoms. The molecule has 29 heavy (non-hydrogen) atoms. The van der Waals surface area contributed by atoms with Crippen molar-refractivity contribution in [2.75, 3.05) is 31.1 Å². The number of hydrogen-bond donors (Lipinski definition) is 1. The third-order valence-electron chi connectivity index (χ3n) is 5.67. The zero-order valence-electron chi connectivity index (χ0n) is 17.4. The number of nitrogens with one attached hydrogen (secondary N) is 1. The fraction of sp³-hybridized carbons (Fsp3) is 0.409. The van der Waals surface area contributed by atoms with Crippen LogP contribution in [0.25, 0.3) is 11.3 Å². The highest BCUT2D eigenvalue weighted by Crippen LogP contribution is 2.24. The number of aromatic amines is 1. The molecule has 1 aliphatic rings. The van der Waals surface area contributed by atoms with E-state index in [0.29, 0.717) is 12.2 Å². The second kappa shape index (κ2) is 8.11. The molecular weight excluding hydrogens is 364 g/mol. The smallest absolute Gasteiger partial charge is 0.274 e. The van der Waals surface area contributed by atoms with Crippen molar-refractivity contribution < 1.29 is 4.79 Å². The average Bonchev–Trinajstić information content (AvgIpc) is 3.34. The van der Waals surface area contributed by atoms with Crippen molar-refractivity contribution in [1.82, 2.24) is 24.9 Å².